The van der Waals surface area contributed by atoms with Gasteiger partial charge in [-0.15, -0.1) is 13.2 Å². The summed E-state index contributed by atoms with van der Waals surface area (Å²) < 4.78 is 0. The summed E-state index contributed by atoms with van der Waals surface area (Å²) >= 11 is 1.71. The molecule has 0 N–H and O–H groups in total. The average molecular weight is 345 g/mol. The first-order valence-corrected chi connectivity index (χ1v) is 9.77. The summed E-state index contributed by atoms with van der Waals surface area (Å²) in [7, 11) is 0. The normalized spacial score (nSPS) is 12.5. The molecule has 126 valence electrons. The predicted molar refractivity (Wildman–Crippen MR) is 114 cm³/mol. The van der Waals surface area contributed by atoms with E-state index in [1.54, 1.807) is 22.5 Å². The van der Waals surface area contributed by atoms with Gasteiger partial charge in [0.2, 0.25) is 0 Å². The molecule has 0 atom stereocenters. The lowest BCUT2D eigenvalue weighted by Gasteiger charge is -2.18. The van der Waals surface area contributed by atoms with Crippen LogP contribution in [0.5, 0.6) is 0 Å². The number of rotatable bonds is 0. The van der Waals surface area contributed by atoms with E-state index < -0.39 is 0 Å². The summed E-state index contributed by atoms with van der Waals surface area (Å²) in [4.78, 5) is 0. The molecule has 1 aliphatic rings. The van der Waals surface area contributed by atoms with Gasteiger partial charge in [-0.2, -0.15) is 11.3 Å². The van der Waals surface area contributed by atoms with E-state index in [4.69, 9.17) is 0 Å². The van der Waals surface area contributed by atoms with Crippen molar-refractivity contribution in [1.82, 2.24) is 0 Å². The first-order valence-electron chi connectivity index (χ1n) is 8.83. The summed E-state index contributed by atoms with van der Waals surface area (Å²) in [6, 6.07) is 22.0. The predicted octanol–water partition coefficient (Wildman–Crippen LogP) is 7.42. The minimum Gasteiger partial charge on any atom is -0.152 e. The number of hydrogen-bond donors (Lipinski definition) is 0. The molecule has 0 saturated carbocycles. The van der Waals surface area contributed by atoms with Gasteiger partial charge in [-0.3, -0.25) is 0 Å². The Morgan fingerprint density at radius 3 is 2.12 bits per heavy atom. The lowest BCUT2D eigenvalue weighted by Crippen LogP contribution is -2.02. The van der Waals surface area contributed by atoms with Crippen LogP contribution < -0.4 is 0 Å². The average Bonchev–Trinajstić information content (AvgIpc) is 3.29. The quantitative estimate of drug-likeness (QED) is 0.230. The number of hydrogen-bond acceptors (Lipinski definition) is 1. The fraction of sp³-hybridized carbons (Fsp3) is 0.167. The Morgan fingerprint density at radius 2 is 1.36 bits per heavy atom. The Kier molecular flexibility index (Phi) is 6.03. The van der Waals surface area contributed by atoms with Gasteiger partial charge in [0.15, 0.2) is 0 Å². The van der Waals surface area contributed by atoms with Crippen LogP contribution in [0.3, 0.4) is 0 Å². The molecule has 0 bridgehead atoms. The van der Waals surface area contributed by atoms with Gasteiger partial charge in [-0.25, -0.2) is 0 Å². The van der Waals surface area contributed by atoms with Gasteiger partial charge in [0.1, 0.15) is 0 Å². The van der Waals surface area contributed by atoms with Gasteiger partial charge in [-0.1, -0.05) is 60.7 Å². The van der Waals surface area contributed by atoms with E-state index >= 15 is 0 Å². The van der Waals surface area contributed by atoms with Crippen molar-refractivity contribution in [3.8, 4) is 0 Å². The standard InChI is InChI=1S/C18H16.C4H4S.C2H4/c1-3-7-15-13(5-1)9-11-18-16-8-4-2-6-14(16)10-12-17(15)18;1-2-4-5-3-1;1-2/h1,3,5,7,9-12H,2,4,6,8H2;1-4H;1-2H2. The Labute approximate surface area is 154 Å². The SMILES string of the molecule is C=C.c1ccc2c(c1)ccc1c3c(ccc12)CCCC3.c1ccsc1. The molecule has 0 nitrogen and oxygen atoms in total. The van der Waals surface area contributed by atoms with Crippen LogP contribution in [0.15, 0.2) is 84.6 Å². The van der Waals surface area contributed by atoms with Gasteiger partial charge in [0.25, 0.3) is 0 Å². The van der Waals surface area contributed by atoms with Gasteiger partial charge in [-0.05, 0) is 69.1 Å². The van der Waals surface area contributed by atoms with Crippen molar-refractivity contribution in [2.75, 3.05) is 0 Å². The second-order valence-corrected chi connectivity index (χ2v) is 6.90. The molecule has 1 heterocycles. The number of thiophene rings is 1. The van der Waals surface area contributed by atoms with Crippen LogP contribution in [0.25, 0.3) is 21.5 Å². The zero-order valence-electron chi connectivity index (χ0n) is 14.6. The Hall–Kier alpha value is -2.38. The Morgan fingerprint density at radius 1 is 0.640 bits per heavy atom. The van der Waals surface area contributed by atoms with Crippen molar-refractivity contribution in [2.45, 2.75) is 25.7 Å². The molecule has 5 rings (SSSR count). The highest BCUT2D eigenvalue weighted by Crippen LogP contribution is 2.33. The molecule has 0 radical (unpaired) electrons. The van der Waals surface area contributed by atoms with Crippen molar-refractivity contribution in [3.05, 3.63) is 95.7 Å². The second kappa shape index (κ2) is 8.64. The maximum absolute atomic E-state index is 3.00. The van der Waals surface area contributed by atoms with Crippen LogP contribution >= 0.6 is 11.3 Å². The molecular formula is C24H24S. The van der Waals surface area contributed by atoms with Crippen molar-refractivity contribution < 1.29 is 0 Å². The molecule has 0 saturated heterocycles. The van der Waals surface area contributed by atoms with Crippen LogP contribution in [0.2, 0.25) is 0 Å². The first kappa shape index (κ1) is 17.4. The van der Waals surface area contributed by atoms with E-state index in [9.17, 15) is 0 Å². The van der Waals surface area contributed by atoms with Gasteiger partial charge in [0.05, 0.1) is 0 Å². The van der Waals surface area contributed by atoms with Crippen molar-refractivity contribution in [1.29, 1.82) is 0 Å². The minimum absolute atomic E-state index is 1.25. The van der Waals surface area contributed by atoms with Crippen LogP contribution in [-0.4, -0.2) is 0 Å². The lowest BCUT2D eigenvalue weighted by atomic mass is 9.86. The van der Waals surface area contributed by atoms with E-state index in [1.807, 2.05) is 22.9 Å². The fourth-order valence-corrected chi connectivity index (χ4v) is 4.02. The van der Waals surface area contributed by atoms with Crippen molar-refractivity contribution >= 4 is 32.9 Å². The van der Waals surface area contributed by atoms with Crippen LogP contribution in [0.4, 0.5) is 0 Å². The molecule has 0 fully saturated rings. The molecule has 0 amide bonds. The topological polar surface area (TPSA) is 0 Å². The van der Waals surface area contributed by atoms with E-state index in [-0.39, 0.29) is 0 Å². The van der Waals surface area contributed by atoms with Crippen LogP contribution in [0, 0.1) is 0 Å². The minimum atomic E-state index is 1.25. The van der Waals surface area contributed by atoms with E-state index in [1.165, 1.54) is 47.2 Å². The van der Waals surface area contributed by atoms with Crippen LogP contribution in [0.1, 0.15) is 24.0 Å². The van der Waals surface area contributed by atoms with Gasteiger partial charge in [0, 0.05) is 0 Å². The highest BCUT2D eigenvalue weighted by molar-refractivity contribution is 7.07. The summed E-state index contributed by atoms with van der Waals surface area (Å²) in [6.07, 6.45) is 5.22. The number of benzene rings is 3. The summed E-state index contributed by atoms with van der Waals surface area (Å²) in [5, 5.41) is 9.73. The molecule has 25 heavy (non-hydrogen) atoms. The first-order chi connectivity index (χ1) is 12.4. The Balaban J connectivity index is 0.000000222. The van der Waals surface area contributed by atoms with Crippen molar-refractivity contribution in [2.24, 2.45) is 0 Å². The zero-order valence-corrected chi connectivity index (χ0v) is 15.4. The van der Waals surface area contributed by atoms with E-state index in [0.29, 0.717) is 0 Å². The fourth-order valence-electron chi connectivity index (χ4n) is 3.57. The highest BCUT2D eigenvalue weighted by atomic mass is 32.1. The summed E-state index contributed by atoms with van der Waals surface area (Å²) in [5.41, 5.74) is 3.17. The number of fused-ring (bicyclic) bond motifs is 5. The smallest absolute Gasteiger partial charge is 0.00934 e. The molecule has 1 heteroatoms. The molecule has 0 spiro atoms. The summed E-state index contributed by atoms with van der Waals surface area (Å²) in [6.45, 7) is 6.00. The molecule has 1 aromatic heterocycles. The molecule has 1 aliphatic carbocycles. The lowest BCUT2D eigenvalue weighted by molar-refractivity contribution is 0.690. The molecule has 0 aliphatic heterocycles. The molecule has 3 aromatic carbocycles. The van der Waals surface area contributed by atoms with Crippen LogP contribution in [-0.2, 0) is 12.8 Å². The van der Waals surface area contributed by atoms with E-state index in [2.05, 4.69) is 61.7 Å². The molecule has 4 aromatic rings. The summed E-state index contributed by atoms with van der Waals surface area (Å²) in [5.74, 6) is 0. The maximum atomic E-state index is 3.00. The highest BCUT2D eigenvalue weighted by Gasteiger charge is 2.13. The Bertz CT molecular complexity index is 918. The largest absolute Gasteiger partial charge is 0.152 e. The molecular weight excluding hydrogens is 320 g/mol. The third-order valence-corrected chi connectivity index (χ3v) is 5.31. The maximum Gasteiger partial charge on any atom is -0.00934 e. The van der Waals surface area contributed by atoms with E-state index in [0.717, 1.165) is 0 Å². The van der Waals surface area contributed by atoms with Crippen molar-refractivity contribution in [3.63, 3.8) is 0 Å². The monoisotopic (exact) mass is 344 g/mol. The second-order valence-electron chi connectivity index (χ2n) is 6.09. The third kappa shape index (κ3) is 3.83. The zero-order chi connectivity index (χ0) is 17.5. The number of aryl methyl sites for hydroxylation is 2. The van der Waals surface area contributed by atoms with Gasteiger partial charge < -0.3 is 0 Å². The third-order valence-electron chi connectivity index (χ3n) is 4.68. The molecule has 0 unspecified atom stereocenters. The van der Waals surface area contributed by atoms with Gasteiger partial charge >= 0.3 is 0 Å².